The molecule has 20 heteroatoms. The highest BCUT2D eigenvalue weighted by Gasteiger charge is 2.46. The Bertz CT molecular complexity index is 2340. The number of methoxy groups -OCH3 is 2. The molecule has 300 valence electrons. The first-order valence-corrected chi connectivity index (χ1v) is 21.2. The van der Waals surface area contributed by atoms with E-state index in [9.17, 15) is 22.6 Å². The van der Waals surface area contributed by atoms with E-state index in [1.54, 1.807) is 34.6 Å². The van der Waals surface area contributed by atoms with Crippen LogP contribution in [0, 0.1) is 0 Å². The maximum atomic E-state index is 13.9. The molecule has 3 N–H and O–H groups in total. The minimum Gasteiger partial charge on any atom is -0.493 e. The highest BCUT2D eigenvalue weighted by Crippen LogP contribution is 2.44. The second kappa shape index (κ2) is 16.2. The highest BCUT2D eigenvalue weighted by atomic mass is 32.2. The molecule has 4 aliphatic heterocycles. The van der Waals surface area contributed by atoms with Gasteiger partial charge in [0.25, 0.3) is 21.9 Å². The number of carbonyl (C=O) groups is 2. The van der Waals surface area contributed by atoms with Crippen molar-refractivity contribution in [1.29, 1.82) is 0 Å². The lowest BCUT2D eigenvalue weighted by Crippen LogP contribution is -2.46. The minimum absolute atomic E-state index is 0.128. The van der Waals surface area contributed by atoms with Crippen LogP contribution in [0.2, 0.25) is 0 Å². The van der Waals surface area contributed by atoms with E-state index in [0.29, 0.717) is 35.6 Å². The molecule has 0 radical (unpaired) electrons. The summed E-state index contributed by atoms with van der Waals surface area (Å²) in [5.41, 5.74) is 2.82. The molecule has 0 saturated heterocycles. The van der Waals surface area contributed by atoms with Crippen molar-refractivity contribution < 1.29 is 55.8 Å². The molecule has 6 heterocycles. The number of carbonyl (C=O) groups excluding carboxylic acids is 2. The van der Waals surface area contributed by atoms with Gasteiger partial charge >= 0.3 is 0 Å². The van der Waals surface area contributed by atoms with E-state index in [1.165, 1.54) is 42.6 Å². The van der Waals surface area contributed by atoms with Crippen molar-refractivity contribution in [1.82, 2.24) is 9.80 Å². The van der Waals surface area contributed by atoms with E-state index in [2.05, 4.69) is 27.9 Å². The highest BCUT2D eigenvalue weighted by molar-refractivity contribution is 7.86. The second-order valence-electron chi connectivity index (χ2n) is 13.3. The summed E-state index contributed by atoms with van der Waals surface area (Å²) in [7, 11) is -1.76. The van der Waals surface area contributed by atoms with Crippen LogP contribution in [0.25, 0.3) is 11.1 Å². The molecule has 2 aromatic heterocycles. The Labute approximate surface area is 340 Å². The fourth-order valence-electron chi connectivity index (χ4n) is 7.33. The predicted octanol–water partition coefficient (Wildman–Crippen LogP) is 6.30. The smallest absolute Gasteiger partial charge is 0.288 e. The molecule has 16 nitrogen and oxygen atoms in total. The molecule has 8 rings (SSSR count). The summed E-state index contributed by atoms with van der Waals surface area (Å²) >= 11 is 6.66. The van der Waals surface area contributed by atoms with Crippen LogP contribution in [-0.4, -0.2) is 85.7 Å². The topological polar surface area (TPSA) is 184 Å². The number of fused-ring (bicyclic) bond motifs is 4. The van der Waals surface area contributed by atoms with Gasteiger partial charge in [-0.15, -0.1) is 27.0 Å². The molecule has 4 aliphatic rings. The fraction of sp³-hybridized carbons (Fsp3) is 0.297. The molecule has 2 unspecified atom stereocenters. The molecular formula is C37H36N4O12S4. The second-order valence-corrected chi connectivity index (χ2v) is 16.8. The Balaban J connectivity index is 0.971. The van der Waals surface area contributed by atoms with Crippen LogP contribution >= 0.6 is 35.6 Å². The first-order valence-electron chi connectivity index (χ1n) is 17.5. The first-order chi connectivity index (χ1) is 27.6. The van der Waals surface area contributed by atoms with Crippen molar-refractivity contribution in [3.63, 3.8) is 0 Å². The van der Waals surface area contributed by atoms with Crippen LogP contribution in [0.15, 0.2) is 71.7 Å². The monoisotopic (exact) mass is 856 g/mol. The van der Waals surface area contributed by atoms with Gasteiger partial charge in [-0.25, -0.2) is 0 Å². The SMILES string of the molecule is COc1cc2c(cc1OCCCOc1cc3c(cc1OC)C(=O)N1C=C(c4cccs4)C[C@H]1C(S(=O)(=O)O)N3)NC(OOOS)[C@@H]1CC(c3cccs3)=CN1C2=O. The Hall–Kier alpha value is -4.80. The van der Waals surface area contributed by atoms with Crippen LogP contribution < -0.4 is 29.6 Å². The van der Waals surface area contributed by atoms with Gasteiger partial charge < -0.3 is 39.4 Å². The van der Waals surface area contributed by atoms with Crippen LogP contribution in [0.1, 0.15) is 49.7 Å². The number of anilines is 2. The van der Waals surface area contributed by atoms with Gasteiger partial charge in [-0.3, -0.25) is 14.1 Å². The number of benzene rings is 2. The number of nitrogens with zero attached hydrogens (tertiary/aromatic N) is 2. The standard InChI is InChI=1S/C37H36N4O12S4/c1-47-28-14-22-24(38-34(51-52-53-54)26-12-20(18-40(26)36(22)42)32-6-3-10-55-32)16-30(28)49-8-5-9-50-31-17-25-23(15-29(31)48-2)37(43)41-19-21(33-7-4-11-56-33)13-27(41)35(39-25)57(44,45)46/h3-4,6-7,10-11,14-19,26-27,34-35,38-39,54H,5,8-9,12-13H2,1-2H3,(H,44,45,46)/t26-,27-,34?,35?/m0/s1. The molecule has 0 aliphatic carbocycles. The van der Waals surface area contributed by atoms with Crippen molar-refractivity contribution in [2.24, 2.45) is 0 Å². The van der Waals surface area contributed by atoms with Crippen LogP contribution in [0.4, 0.5) is 11.4 Å². The summed E-state index contributed by atoms with van der Waals surface area (Å²) in [6.45, 7) is 0.286. The Kier molecular flexibility index (Phi) is 11.1. The molecule has 2 aromatic carbocycles. The molecule has 4 aromatic rings. The zero-order chi connectivity index (χ0) is 39.8. The summed E-state index contributed by atoms with van der Waals surface area (Å²) < 4.78 is 63.4. The molecule has 57 heavy (non-hydrogen) atoms. The lowest BCUT2D eigenvalue weighted by molar-refractivity contribution is -0.475. The van der Waals surface area contributed by atoms with Crippen LogP contribution in [-0.2, 0) is 24.4 Å². The van der Waals surface area contributed by atoms with Crippen molar-refractivity contribution in [2.75, 3.05) is 38.1 Å². The maximum Gasteiger partial charge on any atom is 0.288 e. The number of hydrogen-bond acceptors (Lipinski definition) is 16. The average Bonchev–Trinajstić information content (AvgIpc) is 4.03. The number of thiophene rings is 2. The normalized spacial score (nSPS) is 21.2. The van der Waals surface area contributed by atoms with Crippen molar-refractivity contribution in [3.05, 3.63) is 92.6 Å². The van der Waals surface area contributed by atoms with Gasteiger partial charge in [0.05, 0.1) is 62.0 Å². The zero-order valence-corrected chi connectivity index (χ0v) is 33.6. The Morgan fingerprint density at radius 1 is 0.789 bits per heavy atom. The number of hydrogen-bond donors (Lipinski definition) is 4. The van der Waals surface area contributed by atoms with E-state index < -0.39 is 39.7 Å². The van der Waals surface area contributed by atoms with E-state index in [0.717, 1.165) is 20.9 Å². The molecule has 2 amide bonds. The van der Waals surface area contributed by atoms with Crippen molar-refractivity contribution in [2.45, 2.75) is 42.9 Å². The summed E-state index contributed by atoms with van der Waals surface area (Å²) in [6, 6.07) is 12.5. The third kappa shape index (κ3) is 7.66. The van der Waals surface area contributed by atoms with Gasteiger partial charge in [-0.1, -0.05) is 17.2 Å². The summed E-state index contributed by atoms with van der Waals surface area (Å²) in [5.74, 6) is 0.425. The molecular weight excluding hydrogens is 821 g/mol. The fourth-order valence-corrected chi connectivity index (χ4v) is 9.77. The number of thiol groups is 1. The molecule has 4 atom stereocenters. The quantitative estimate of drug-likeness (QED) is 0.0277. The number of amides is 2. The van der Waals surface area contributed by atoms with E-state index >= 15 is 0 Å². The van der Waals surface area contributed by atoms with E-state index in [-0.39, 0.29) is 48.3 Å². The Morgan fingerprint density at radius 3 is 1.81 bits per heavy atom. The summed E-state index contributed by atoms with van der Waals surface area (Å²) in [4.78, 5) is 38.2. The third-order valence-corrected chi connectivity index (χ3v) is 13.0. The van der Waals surface area contributed by atoms with Gasteiger partial charge in [0.2, 0.25) is 0 Å². The first kappa shape index (κ1) is 39.0. The number of nitrogens with one attached hydrogen (secondary N) is 2. The van der Waals surface area contributed by atoms with Crippen molar-refractivity contribution >= 4 is 80.0 Å². The largest absolute Gasteiger partial charge is 0.493 e. The number of rotatable bonds is 14. The predicted molar refractivity (Wildman–Crippen MR) is 214 cm³/mol. The molecule has 0 spiro atoms. The van der Waals surface area contributed by atoms with Gasteiger partial charge in [0.1, 0.15) is 0 Å². The molecule has 0 fully saturated rings. The van der Waals surface area contributed by atoms with Gasteiger partial charge in [0, 0.05) is 60.0 Å². The van der Waals surface area contributed by atoms with Gasteiger partial charge in [-0.05, 0) is 52.6 Å². The zero-order valence-electron chi connectivity index (χ0n) is 30.3. The van der Waals surface area contributed by atoms with Gasteiger partial charge in [0.15, 0.2) is 34.6 Å². The average molecular weight is 857 g/mol. The molecule has 0 bridgehead atoms. The molecule has 0 saturated carbocycles. The van der Waals surface area contributed by atoms with Crippen molar-refractivity contribution in [3.8, 4) is 23.0 Å². The minimum atomic E-state index is -4.66. The Morgan fingerprint density at radius 2 is 1.32 bits per heavy atom. The third-order valence-electron chi connectivity index (χ3n) is 9.97. The van der Waals surface area contributed by atoms with Gasteiger partial charge in [-0.2, -0.15) is 13.3 Å². The summed E-state index contributed by atoms with van der Waals surface area (Å²) in [6.07, 6.45) is 3.68. The van der Waals surface area contributed by atoms with Crippen LogP contribution in [0.3, 0.4) is 0 Å². The van der Waals surface area contributed by atoms with Crippen LogP contribution in [0.5, 0.6) is 23.0 Å². The van der Waals surface area contributed by atoms with E-state index in [4.69, 9.17) is 28.9 Å². The van der Waals surface area contributed by atoms with E-state index in [1.807, 2.05) is 41.2 Å². The maximum absolute atomic E-state index is 13.9. The number of ether oxygens (including phenoxy) is 4. The lowest BCUT2D eigenvalue weighted by atomic mass is 10.1. The summed E-state index contributed by atoms with van der Waals surface area (Å²) in [5, 5.41) is 13.2. The lowest BCUT2D eigenvalue weighted by Gasteiger charge is -2.26.